The summed E-state index contributed by atoms with van der Waals surface area (Å²) in [6, 6.07) is 3.39. The van der Waals surface area contributed by atoms with Crippen molar-refractivity contribution < 1.29 is 19.1 Å². The van der Waals surface area contributed by atoms with Crippen LogP contribution >= 0.6 is 0 Å². The topological polar surface area (TPSA) is 69.6 Å². The predicted molar refractivity (Wildman–Crippen MR) is 74.3 cm³/mol. The van der Waals surface area contributed by atoms with Gasteiger partial charge < -0.3 is 15.3 Å². The van der Waals surface area contributed by atoms with Gasteiger partial charge in [-0.3, -0.25) is 4.79 Å². The standard InChI is InChI=1S/C14H19FN2O3/c1-4-10(3)17(8-13(18)19)14(20)16-12-6-9(2)5-11(15)7-12/h5-7,10H,4,8H2,1-3H3,(H,16,20)(H,18,19). The van der Waals surface area contributed by atoms with Crippen molar-refractivity contribution in [1.29, 1.82) is 0 Å². The Morgan fingerprint density at radius 2 is 2.05 bits per heavy atom. The number of aryl methyl sites for hydroxylation is 1. The molecule has 2 N–H and O–H groups in total. The fourth-order valence-corrected chi connectivity index (χ4v) is 1.80. The number of nitrogens with one attached hydrogen (secondary N) is 1. The number of hydrogen-bond acceptors (Lipinski definition) is 2. The van der Waals surface area contributed by atoms with Crippen molar-refractivity contribution in [2.24, 2.45) is 0 Å². The number of nitrogens with zero attached hydrogens (tertiary/aromatic N) is 1. The average molecular weight is 282 g/mol. The number of anilines is 1. The summed E-state index contributed by atoms with van der Waals surface area (Å²) in [7, 11) is 0. The Balaban J connectivity index is 2.87. The van der Waals surface area contributed by atoms with Crippen molar-refractivity contribution in [1.82, 2.24) is 4.90 Å². The lowest BCUT2D eigenvalue weighted by Gasteiger charge is -2.27. The average Bonchev–Trinajstić information content (AvgIpc) is 2.33. The number of carboxylic acid groups (broad SMARTS) is 1. The SMILES string of the molecule is CCC(C)N(CC(=O)O)C(=O)Nc1cc(C)cc(F)c1. The second kappa shape index (κ2) is 6.88. The zero-order chi connectivity index (χ0) is 15.3. The molecule has 1 unspecified atom stereocenters. The molecule has 0 fully saturated rings. The van der Waals surface area contributed by atoms with Crippen molar-refractivity contribution in [2.45, 2.75) is 33.2 Å². The Morgan fingerprint density at radius 1 is 1.40 bits per heavy atom. The van der Waals surface area contributed by atoms with Gasteiger partial charge in [0.2, 0.25) is 0 Å². The molecule has 0 saturated heterocycles. The summed E-state index contributed by atoms with van der Waals surface area (Å²) in [4.78, 5) is 24.1. The third-order valence-electron chi connectivity index (χ3n) is 2.98. The highest BCUT2D eigenvalue weighted by molar-refractivity contribution is 5.91. The number of carboxylic acids is 1. The molecular weight excluding hydrogens is 263 g/mol. The van der Waals surface area contributed by atoms with Gasteiger partial charge in [-0.1, -0.05) is 6.92 Å². The highest BCUT2D eigenvalue weighted by atomic mass is 19.1. The fraction of sp³-hybridized carbons (Fsp3) is 0.429. The molecule has 2 amide bonds. The van der Waals surface area contributed by atoms with Crippen LogP contribution in [0.3, 0.4) is 0 Å². The van der Waals surface area contributed by atoms with Crippen LogP contribution in [0, 0.1) is 12.7 Å². The number of hydrogen-bond donors (Lipinski definition) is 2. The molecule has 0 bridgehead atoms. The van der Waals surface area contributed by atoms with Crippen LogP contribution in [0.15, 0.2) is 18.2 Å². The molecule has 1 atom stereocenters. The van der Waals surface area contributed by atoms with Crippen LogP contribution in [0.2, 0.25) is 0 Å². The monoisotopic (exact) mass is 282 g/mol. The summed E-state index contributed by atoms with van der Waals surface area (Å²) in [5.41, 5.74) is 0.986. The van der Waals surface area contributed by atoms with Gasteiger partial charge in [0.05, 0.1) is 0 Å². The summed E-state index contributed by atoms with van der Waals surface area (Å²) in [6.45, 7) is 4.94. The predicted octanol–water partition coefficient (Wildman–Crippen LogP) is 2.85. The first-order valence-electron chi connectivity index (χ1n) is 6.40. The van der Waals surface area contributed by atoms with E-state index in [1.807, 2.05) is 6.92 Å². The van der Waals surface area contributed by atoms with Crippen LogP contribution in [0.4, 0.5) is 14.9 Å². The van der Waals surface area contributed by atoms with Crippen molar-refractivity contribution in [3.8, 4) is 0 Å². The second-order valence-corrected chi connectivity index (χ2v) is 4.73. The lowest BCUT2D eigenvalue weighted by molar-refractivity contribution is -0.138. The highest BCUT2D eigenvalue weighted by Crippen LogP contribution is 2.15. The molecule has 1 aromatic rings. The molecule has 0 aliphatic heterocycles. The van der Waals surface area contributed by atoms with E-state index in [9.17, 15) is 14.0 Å². The molecule has 0 aromatic heterocycles. The maximum absolute atomic E-state index is 13.3. The molecule has 110 valence electrons. The third-order valence-corrected chi connectivity index (χ3v) is 2.98. The minimum atomic E-state index is -1.09. The van der Waals surface area contributed by atoms with Crippen LogP contribution < -0.4 is 5.32 Å². The number of rotatable bonds is 5. The van der Waals surface area contributed by atoms with Crippen molar-refractivity contribution in [3.05, 3.63) is 29.6 Å². The molecule has 0 radical (unpaired) electrons. The van der Waals surface area contributed by atoms with Gasteiger partial charge in [-0.25, -0.2) is 9.18 Å². The van der Waals surface area contributed by atoms with E-state index in [1.165, 1.54) is 17.0 Å². The van der Waals surface area contributed by atoms with E-state index >= 15 is 0 Å². The second-order valence-electron chi connectivity index (χ2n) is 4.73. The van der Waals surface area contributed by atoms with Gasteiger partial charge in [-0.15, -0.1) is 0 Å². The number of carbonyl (C=O) groups excluding carboxylic acids is 1. The maximum Gasteiger partial charge on any atom is 0.323 e. The molecule has 1 aromatic carbocycles. The first-order chi connectivity index (χ1) is 9.33. The molecule has 20 heavy (non-hydrogen) atoms. The van der Waals surface area contributed by atoms with Crippen LogP contribution in [0.25, 0.3) is 0 Å². The number of benzene rings is 1. The third kappa shape index (κ3) is 4.53. The van der Waals surface area contributed by atoms with Gasteiger partial charge in [0.1, 0.15) is 12.4 Å². The van der Waals surface area contributed by atoms with E-state index in [0.717, 1.165) is 0 Å². The van der Waals surface area contributed by atoms with Crippen molar-refractivity contribution in [3.63, 3.8) is 0 Å². The molecule has 5 nitrogen and oxygen atoms in total. The molecular formula is C14H19FN2O3. The normalized spacial score (nSPS) is 11.8. The van der Waals surface area contributed by atoms with Crippen molar-refractivity contribution in [2.75, 3.05) is 11.9 Å². The summed E-state index contributed by atoms with van der Waals surface area (Å²) in [5, 5.41) is 11.4. The number of aliphatic carboxylic acids is 1. The van der Waals surface area contributed by atoms with E-state index < -0.39 is 24.4 Å². The van der Waals surface area contributed by atoms with Gasteiger partial charge in [-0.2, -0.15) is 0 Å². The fourth-order valence-electron chi connectivity index (χ4n) is 1.80. The maximum atomic E-state index is 13.3. The molecule has 0 heterocycles. The van der Waals surface area contributed by atoms with Crippen LogP contribution in [0.5, 0.6) is 0 Å². The Bertz CT molecular complexity index is 485. The largest absolute Gasteiger partial charge is 0.480 e. The Morgan fingerprint density at radius 3 is 2.55 bits per heavy atom. The lowest BCUT2D eigenvalue weighted by atomic mass is 10.2. The quantitative estimate of drug-likeness (QED) is 0.872. The van der Waals surface area contributed by atoms with Crippen molar-refractivity contribution >= 4 is 17.7 Å². The van der Waals surface area contributed by atoms with Gasteiger partial charge in [0.15, 0.2) is 0 Å². The molecule has 1 rings (SSSR count). The first-order valence-corrected chi connectivity index (χ1v) is 6.40. The number of urea groups is 1. The summed E-state index contributed by atoms with van der Waals surface area (Å²) in [6.07, 6.45) is 0.628. The van der Waals surface area contributed by atoms with Crippen LogP contribution in [-0.4, -0.2) is 34.6 Å². The number of amides is 2. The highest BCUT2D eigenvalue weighted by Gasteiger charge is 2.21. The van der Waals surface area contributed by atoms with Gasteiger partial charge in [0.25, 0.3) is 0 Å². The van der Waals surface area contributed by atoms with E-state index in [2.05, 4.69) is 5.32 Å². The van der Waals surface area contributed by atoms with Crippen LogP contribution in [0.1, 0.15) is 25.8 Å². The van der Waals surface area contributed by atoms with Crippen LogP contribution in [-0.2, 0) is 4.79 Å². The molecule has 6 heteroatoms. The van der Waals surface area contributed by atoms with E-state index in [0.29, 0.717) is 17.7 Å². The minimum Gasteiger partial charge on any atom is -0.480 e. The molecule has 0 saturated carbocycles. The smallest absolute Gasteiger partial charge is 0.323 e. The summed E-state index contributed by atoms with van der Waals surface area (Å²) >= 11 is 0. The summed E-state index contributed by atoms with van der Waals surface area (Å²) in [5.74, 6) is -1.54. The Kier molecular flexibility index (Phi) is 5.49. The molecule has 0 aliphatic rings. The molecule has 0 spiro atoms. The number of carbonyl (C=O) groups is 2. The first kappa shape index (κ1) is 15.9. The zero-order valence-corrected chi connectivity index (χ0v) is 11.8. The molecule has 0 aliphatic carbocycles. The Labute approximate surface area is 117 Å². The Hall–Kier alpha value is -2.11. The van der Waals surface area contributed by atoms with E-state index in [1.54, 1.807) is 19.9 Å². The number of halogens is 1. The summed E-state index contributed by atoms with van der Waals surface area (Å²) < 4.78 is 13.3. The van der Waals surface area contributed by atoms with Gasteiger partial charge >= 0.3 is 12.0 Å². The van der Waals surface area contributed by atoms with E-state index in [4.69, 9.17) is 5.11 Å². The lowest BCUT2D eigenvalue weighted by Crippen LogP contribution is -2.44. The van der Waals surface area contributed by atoms with Gasteiger partial charge in [0, 0.05) is 11.7 Å². The van der Waals surface area contributed by atoms with Gasteiger partial charge in [-0.05, 0) is 44.0 Å². The minimum absolute atomic E-state index is 0.222. The van der Waals surface area contributed by atoms with E-state index in [-0.39, 0.29) is 6.04 Å². The zero-order valence-electron chi connectivity index (χ0n) is 11.8.